The molecule has 2 radical (unpaired) electrons. The summed E-state index contributed by atoms with van der Waals surface area (Å²) in [7, 11) is 1.55. The van der Waals surface area contributed by atoms with Crippen LogP contribution in [0.15, 0.2) is 23.0 Å². The Morgan fingerprint density at radius 1 is 1.32 bits per heavy atom. The second kappa shape index (κ2) is 6.46. The summed E-state index contributed by atoms with van der Waals surface area (Å²) in [6.45, 7) is 1.67. The van der Waals surface area contributed by atoms with E-state index in [1.54, 1.807) is 20.0 Å². The van der Waals surface area contributed by atoms with E-state index < -0.39 is 5.78 Å². The fourth-order valence-corrected chi connectivity index (χ4v) is 2.26. The smallest absolute Gasteiger partial charge is 0.277 e. The van der Waals surface area contributed by atoms with E-state index in [9.17, 15) is 9.59 Å². The van der Waals surface area contributed by atoms with E-state index in [4.69, 9.17) is 23.2 Å². The van der Waals surface area contributed by atoms with Crippen LogP contribution in [0.25, 0.3) is 0 Å². The molecule has 0 aliphatic heterocycles. The van der Waals surface area contributed by atoms with Crippen LogP contribution in [0.2, 0.25) is 10.0 Å². The van der Waals surface area contributed by atoms with E-state index in [1.165, 1.54) is 16.8 Å². The number of carbonyl (C=O) groups is 1. The molecule has 0 unspecified atom stereocenters. The number of halogens is 2. The zero-order valence-corrected chi connectivity index (χ0v) is 14.2. The summed E-state index contributed by atoms with van der Waals surface area (Å²) in [6, 6.07) is 4.55. The van der Waals surface area contributed by atoms with Crippen molar-refractivity contribution in [2.45, 2.75) is 6.92 Å². The first-order valence-corrected chi connectivity index (χ1v) is 5.92. The van der Waals surface area contributed by atoms with Crippen molar-refractivity contribution < 1.29 is 4.79 Å². The predicted octanol–water partition coefficient (Wildman–Crippen LogP) is 2.18. The van der Waals surface area contributed by atoms with Gasteiger partial charge in [0.2, 0.25) is 5.78 Å². The van der Waals surface area contributed by atoms with Crippen LogP contribution in [0.4, 0.5) is 0 Å². The number of aryl methyl sites for hydroxylation is 2. The topological polar surface area (TPSA) is 54.9 Å². The molecule has 1 aromatic carbocycles. The van der Waals surface area contributed by atoms with Crippen LogP contribution in [-0.2, 0) is 7.05 Å². The summed E-state index contributed by atoms with van der Waals surface area (Å²) in [5, 5.41) is 3.44. The van der Waals surface area contributed by atoms with Gasteiger partial charge in [-0.1, -0.05) is 23.2 Å². The van der Waals surface area contributed by atoms with Gasteiger partial charge in [-0.25, -0.2) is 0 Å². The van der Waals surface area contributed by atoms with Crippen LogP contribution < -0.4 is 5.56 Å². The Morgan fingerprint density at radius 3 is 2.42 bits per heavy atom. The molecule has 0 bridgehead atoms. The van der Waals surface area contributed by atoms with Gasteiger partial charge in [0.1, 0.15) is 5.56 Å². The number of H-pyrrole nitrogens is 1. The van der Waals surface area contributed by atoms with Gasteiger partial charge in [-0.2, -0.15) is 0 Å². The first-order chi connectivity index (χ1) is 8.41. The minimum absolute atomic E-state index is 0. The molecule has 4 nitrogen and oxygen atoms in total. The Kier molecular flexibility index (Phi) is 5.71. The van der Waals surface area contributed by atoms with Gasteiger partial charge in [-0.3, -0.25) is 19.4 Å². The molecule has 0 atom stereocenters. The molecule has 0 fully saturated rings. The molecule has 2 aromatic rings. The van der Waals surface area contributed by atoms with Crippen molar-refractivity contribution in [3.63, 3.8) is 0 Å². The van der Waals surface area contributed by atoms with Crippen molar-refractivity contribution in [3.8, 4) is 0 Å². The number of aromatic amines is 1. The molecule has 2 rings (SSSR count). The third kappa shape index (κ3) is 3.26. The Labute approximate surface area is 149 Å². The second-order valence-electron chi connectivity index (χ2n) is 3.93. The van der Waals surface area contributed by atoms with Crippen LogP contribution >= 0.6 is 23.2 Å². The summed E-state index contributed by atoms with van der Waals surface area (Å²) in [6.07, 6.45) is 0. The van der Waals surface area contributed by atoms with Crippen LogP contribution in [0.1, 0.15) is 21.6 Å². The van der Waals surface area contributed by atoms with Gasteiger partial charge in [0.25, 0.3) is 5.56 Å². The predicted molar refractivity (Wildman–Crippen MR) is 76.4 cm³/mol. The molecule has 0 saturated carbocycles. The van der Waals surface area contributed by atoms with E-state index in [1.807, 2.05) is 0 Å². The van der Waals surface area contributed by atoms with Crippen molar-refractivity contribution in [3.05, 3.63) is 55.4 Å². The molecule has 7 heteroatoms. The van der Waals surface area contributed by atoms with E-state index in [2.05, 4.69) is 5.10 Å². The molecule has 1 heterocycles. The first-order valence-electron chi connectivity index (χ1n) is 5.17. The summed E-state index contributed by atoms with van der Waals surface area (Å²) in [5.41, 5.74) is 0.504. The maximum Gasteiger partial charge on any atom is 0.277 e. The Balaban J connectivity index is 0.00000180. The number of benzene rings is 1. The third-order valence-corrected chi connectivity index (χ3v) is 3.18. The van der Waals surface area contributed by atoms with Gasteiger partial charge >= 0.3 is 0 Å². The molecule has 96 valence electrons. The first kappa shape index (κ1) is 16.8. The Morgan fingerprint density at radius 2 is 1.95 bits per heavy atom. The molecule has 19 heavy (non-hydrogen) atoms. The average molecular weight is 325 g/mol. The fourth-order valence-electron chi connectivity index (χ4n) is 1.76. The Hall–Kier alpha value is -0.260. The van der Waals surface area contributed by atoms with Crippen LogP contribution in [0, 0.1) is 6.92 Å². The molecular weight excluding hydrogens is 315 g/mol. The summed E-state index contributed by atoms with van der Waals surface area (Å²) >= 11 is 11.7. The molecule has 1 N–H and O–H groups in total. The zero-order chi connectivity index (χ0) is 13.4. The maximum absolute atomic E-state index is 12.3. The zero-order valence-electron chi connectivity index (χ0n) is 10.5. The quantitative estimate of drug-likeness (QED) is 0.680. The largest absolute Gasteiger partial charge is 0.299 e. The van der Waals surface area contributed by atoms with Crippen LogP contribution in [0.5, 0.6) is 0 Å². The number of nitrogens with zero attached hydrogens (tertiary/aromatic N) is 1. The van der Waals surface area contributed by atoms with Crippen molar-refractivity contribution in [2.24, 2.45) is 7.05 Å². The molecule has 0 aliphatic carbocycles. The number of hydrogen-bond donors (Lipinski definition) is 1. The van der Waals surface area contributed by atoms with Gasteiger partial charge in [0.15, 0.2) is 0 Å². The normalized spacial score (nSPS) is 10.1. The van der Waals surface area contributed by atoms with Gasteiger partial charge in [0.05, 0.1) is 5.02 Å². The molecule has 0 spiro atoms. The van der Waals surface area contributed by atoms with Crippen molar-refractivity contribution >= 4 is 66.7 Å². The number of carbonyl (C=O) groups excluding carboxylic acids is 1. The van der Waals surface area contributed by atoms with Gasteiger partial charge in [-0.05, 0) is 25.1 Å². The number of aromatic nitrogens is 2. The number of rotatable bonds is 2. The number of nitrogens with one attached hydrogen (secondary N) is 1. The standard InChI is InChI=1S/C12H10Cl2N2O2.Ca/c1-6-10(12(18)16(2)15-6)11(17)8-4-3-7(13)5-9(8)14;/h3-5,15H,1-2H3;. The monoisotopic (exact) mass is 324 g/mol. The van der Waals surface area contributed by atoms with Crippen molar-refractivity contribution in [2.75, 3.05) is 0 Å². The summed E-state index contributed by atoms with van der Waals surface area (Å²) < 4.78 is 1.26. The van der Waals surface area contributed by atoms with Gasteiger partial charge < -0.3 is 0 Å². The minimum atomic E-state index is -0.406. The molecule has 0 amide bonds. The number of ketones is 1. The van der Waals surface area contributed by atoms with E-state index in [0.717, 1.165) is 0 Å². The van der Waals surface area contributed by atoms with Crippen LogP contribution in [0.3, 0.4) is 0 Å². The van der Waals surface area contributed by atoms with Crippen LogP contribution in [-0.4, -0.2) is 53.3 Å². The summed E-state index contributed by atoms with van der Waals surface area (Å²) in [4.78, 5) is 24.1. The van der Waals surface area contributed by atoms with E-state index >= 15 is 0 Å². The average Bonchev–Trinajstić information content (AvgIpc) is 2.52. The van der Waals surface area contributed by atoms with E-state index in [-0.39, 0.29) is 59.4 Å². The maximum atomic E-state index is 12.3. The second-order valence-corrected chi connectivity index (χ2v) is 4.77. The number of hydrogen-bond acceptors (Lipinski definition) is 2. The minimum Gasteiger partial charge on any atom is -0.299 e. The molecule has 0 saturated heterocycles. The molecule has 1 aromatic heterocycles. The van der Waals surface area contributed by atoms with Gasteiger partial charge in [0, 0.05) is 61.1 Å². The SMILES string of the molecule is Cc1[nH]n(C)c(=O)c1C(=O)c1ccc(Cl)cc1Cl.[Ca]. The van der Waals surface area contributed by atoms with Gasteiger partial charge in [-0.15, -0.1) is 0 Å². The third-order valence-electron chi connectivity index (χ3n) is 2.63. The van der Waals surface area contributed by atoms with Crippen molar-refractivity contribution in [1.29, 1.82) is 0 Å². The molecule has 0 aliphatic rings. The molecular formula is C12H10CaCl2N2O2. The van der Waals surface area contributed by atoms with Crippen molar-refractivity contribution in [1.82, 2.24) is 9.78 Å². The van der Waals surface area contributed by atoms with E-state index in [0.29, 0.717) is 10.7 Å². The summed E-state index contributed by atoms with van der Waals surface area (Å²) in [5.74, 6) is -0.406. The Bertz CT molecular complexity index is 692. The fraction of sp³-hybridized carbons (Fsp3) is 0.167.